The molecule has 0 saturated carbocycles. The number of hydrogen-bond donors (Lipinski definition) is 1. The Morgan fingerprint density at radius 1 is 1.22 bits per heavy atom. The summed E-state index contributed by atoms with van der Waals surface area (Å²) < 4.78 is 2.02. The molecule has 1 aromatic carbocycles. The average Bonchev–Trinajstić information content (AvgIpc) is 2.75. The molecule has 2 nitrogen and oxygen atoms in total. The largest absolute Gasteiger partial charge is 0.478 e. The van der Waals surface area contributed by atoms with Gasteiger partial charge < -0.3 is 5.11 Å². The Morgan fingerprint density at radius 3 is 2.67 bits per heavy atom. The van der Waals surface area contributed by atoms with Crippen molar-refractivity contribution >= 4 is 55.2 Å². The van der Waals surface area contributed by atoms with Crippen LogP contribution in [0.1, 0.15) is 4.88 Å². The normalized spacial score (nSPS) is 11.0. The predicted molar refractivity (Wildman–Crippen MR) is 81.8 cm³/mol. The molecule has 2 rings (SSSR count). The third kappa shape index (κ3) is 3.31. The van der Waals surface area contributed by atoms with E-state index in [0.717, 1.165) is 30.3 Å². The van der Waals surface area contributed by atoms with Crippen LogP contribution in [0, 0.1) is 0 Å². The van der Waals surface area contributed by atoms with Crippen LogP contribution in [0.15, 0.2) is 45.4 Å². The van der Waals surface area contributed by atoms with Gasteiger partial charge in [0.05, 0.1) is 0 Å². The molecule has 2 aromatic rings. The Kier molecular flexibility index (Phi) is 4.37. The lowest BCUT2D eigenvalue weighted by atomic mass is 10.2. The van der Waals surface area contributed by atoms with E-state index in [9.17, 15) is 4.79 Å². The second-order valence-corrected chi connectivity index (χ2v) is 6.38. The van der Waals surface area contributed by atoms with Gasteiger partial charge in [-0.25, -0.2) is 4.79 Å². The molecule has 0 aliphatic heterocycles. The highest BCUT2D eigenvalue weighted by Gasteiger charge is 2.06. The van der Waals surface area contributed by atoms with E-state index in [4.69, 9.17) is 5.11 Å². The summed E-state index contributed by atoms with van der Waals surface area (Å²) in [4.78, 5) is 12.5. The Bertz CT molecular complexity index is 617. The minimum absolute atomic E-state index is 0.919. The number of carboxylic acid groups (broad SMARTS) is 1. The van der Waals surface area contributed by atoms with Crippen molar-refractivity contribution in [3.05, 3.63) is 50.2 Å². The number of aliphatic carboxylic acids is 1. The molecule has 0 aliphatic carbocycles. The van der Waals surface area contributed by atoms with Crippen LogP contribution < -0.4 is 0 Å². The van der Waals surface area contributed by atoms with E-state index in [-0.39, 0.29) is 0 Å². The van der Waals surface area contributed by atoms with E-state index in [1.807, 2.05) is 30.3 Å². The zero-order valence-electron chi connectivity index (χ0n) is 9.06. The van der Waals surface area contributed by atoms with E-state index in [0.29, 0.717) is 0 Å². The van der Waals surface area contributed by atoms with Gasteiger partial charge in [0, 0.05) is 30.3 Å². The second-order valence-electron chi connectivity index (χ2n) is 3.50. The maximum atomic E-state index is 10.4. The lowest BCUT2D eigenvalue weighted by Crippen LogP contribution is -1.84. The van der Waals surface area contributed by atoms with Crippen molar-refractivity contribution in [2.45, 2.75) is 0 Å². The highest BCUT2D eigenvalue weighted by atomic mass is 79.9. The van der Waals surface area contributed by atoms with Crippen LogP contribution in [0.5, 0.6) is 0 Å². The summed E-state index contributed by atoms with van der Waals surface area (Å²) in [6.07, 6.45) is 2.75. The van der Waals surface area contributed by atoms with Crippen LogP contribution in [0.2, 0.25) is 0 Å². The van der Waals surface area contributed by atoms with Crippen LogP contribution in [0.3, 0.4) is 0 Å². The summed E-state index contributed by atoms with van der Waals surface area (Å²) >= 11 is 8.48. The van der Waals surface area contributed by atoms with E-state index in [1.165, 1.54) is 0 Å². The van der Waals surface area contributed by atoms with Crippen LogP contribution in [-0.4, -0.2) is 11.1 Å². The first kappa shape index (κ1) is 13.5. The minimum atomic E-state index is -0.935. The molecule has 92 valence electrons. The molecule has 0 saturated heterocycles. The average molecular weight is 388 g/mol. The van der Waals surface area contributed by atoms with E-state index >= 15 is 0 Å². The Labute approximate surface area is 125 Å². The number of hydrogen-bond acceptors (Lipinski definition) is 2. The highest BCUT2D eigenvalue weighted by molar-refractivity contribution is 9.11. The van der Waals surface area contributed by atoms with Crippen molar-refractivity contribution in [1.29, 1.82) is 0 Å². The number of benzene rings is 1. The first-order valence-corrected chi connectivity index (χ1v) is 7.43. The van der Waals surface area contributed by atoms with Gasteiger partial charge in [0.25, 0.3) is 0 Å². The first-order chi connectivity index (χ1) is 8.56. The number of thiophene rings is 1. The minimum Gasteiger partial charge on any atom is -0.478 e. The lowest BCUT2D eigenvalue weighted by molar-refractivity contribution is -0.131. The van der Waals surface area contributed by atoms with Gasteiger partial charge in [-0.3, -0.25) is 0 Å². The molecule has 1 heterocycles. The number of carboxylic acids is 1. The monoisotopic (exact) mass is 386 g/mol. The summed E-state index contributed by atoms with van der Waals surface area (Å²) in [5.74, 6) is -0.935. The molecule has 1 aromatic heterocycles. The fraction of sp³-hybridized carbons (Fsp3) is 0. The zero-order valence-corrected chi connectivity index (χ0v) is 13.0. The molecule has 0 atom stereocenters. The van der Waals surface area contributed by atoms with Gasteiger partial charge in [-0.2, -0.15) is 0 Å². The molecule has 1 N–H and O–H groups in total. The summed E-state index contributed by atoms with van der Waals surface area (Å²) in [6, 6.07) is 9.88. The Balaban J connectivity index is 2.32. The summed E-state index contributed by atoms with van der Waals surface area (Å²) in [7, 11) is 0. The predicted octanol–water partition coefficient (Wildman–Crippen LogP) is 5.04. The number of rotatable bonds is 3. The fourth-order valence-electron chi connectivity index (χ4n) is 1.43. The van der Waals surface area contributed by atoms with E-state index < -0.39 is 5.97 Å². The van der Waals surface area contributed by atoms with Gasteiger partial charge >= 0.3 is 5.97 Å². The molecule has 18 heavy (non-hydrogen) atoms. The number of halogens is 2. The molecular weight excluding hydrogens is 380 g/mol. The Morgan fingerprint density at radius 2 is 2.00 bits per heavy atom. The molecule has 0 radical (unpaired) electrons. The maximum Gasteiger partial charge on any atom is 0.328 e. The molecule has 0 fully saturated rings. The molecule has 0 amide bonds. The van der Waals surface area contributed by atoms with Crippen molar-refractivity contribution in [2.75, 3.05) is 0 Å². The van der Waals surface area contributed by atoms with Crippen molar-refractivity contribution < 1.29 is 9.90 Å². The van der Waals surface area contributed by atoms with Crippen LogP contribution in [0.4, 0.5) is 0 Å². The maximum absolute atomic E-state index is 10.4. The summed E-state index contributed by atoms with van der Waals surface area (Å²) in [5, 5.41) is 8.58. The number of carbonyl (C=O) groups is 1. The van der Waals surface area contributed by atoms with Crippen molar-refractivity contribution in [2.24, 2.45) is 0 Å². The Hall–Kier alpha value is -0.910. The molecule has 0 unspecified atom stereocenters. The van der Waals surface area contributed by atoms with E-state index in [1.54, 1.807) is 17.4 Å². The zero-order chi connectivity index (χ0) is 13.1. The standard InChI is InChI=1S/C13H8Br2O2S/c14-8-1-4-10(11(15)7-8)12-5-2-9(18-12)3-6-13(16)17/h1-7H,(H,16,17)/b6-3+. The highest BCUT2D eigenvalue weighted by Crippen LogP contribution is 2.35. The van der Waals surface area contributed by atoms with Gasteiger partial charge in [0.1, 0.15) is 0 Å². The molecule has 5 heteroatoms. The van der Waals surface area contributed by atoms with Crippen molar-refractivity contribution in [1.82, 2.24) is 0 Å². The second kappa shape index (κ2) is 5.82. The quantitative estimate of drug-likeness (QED) is 0.749. The van der Waals surface area contributed by atoms with E-state index in [2.05, 4.69) is 31.9 Å². The van der Waals surface area contributed by atoms with Crippen LogP contribution >= 0.6 is 43.2 Å². The summed E-state index contributed by atoms with van der Waals surface area (Å²) in [5.41, 5.74) is 1.10. The molecule has 0 spiro atoms. The molecule has 0 aliphatic rings. The topological polar surface area (TPSA) is 37.3 Å². The molecular formula is C13H8Br2O2S. The van der Waals surface area contributed by atoms with Gasteiger partial charge in [-0.1, -0.05) is 37.9 Å². The fourth-order valence-corrected chi connectivity index (χ4v) is 3.77. The summed E-state index contributed by atoms with van der Waals surface area (Å²) in [6.45, 7) is 0. The van der Waals surface area contributed by atoms with Gasteiger partial charge in [0.15, 0.2) is 0 Å². The lowest BCUT2D eigenvalue weighted by Gasteiger charge is -2.01. The van der Waals surface area contributed by atoms with Crippen molar-refractivity contribution in [3.8, 4) is 10.4 Å². The smallest absolute Gasteiger partial charge is 0.328 e. The molecule has 0 bridgehead atoms. The van der Waals surface area contributed by atoms with Gasteiger partial charge in [0.2, 0.25) is 0 Å². The first-order valence-electron chi connectivity index (χ1n) is 5.02. The van der Waals surface area contributed by atoms with Gasteiger partial charge in [-0.15, -0.1) is 11.3 Å². The van der Waals surface area contributed by atoms with Crippen molar-refractivity contribution in [3.63, 3.8) is 0 Å². The van der Waals surface area contributed by atoms with Crippen LogP contribution in [-0.2, 0) is 4.79 Å². The third-order valence-corrected chi connectivity index (χ3v) is 4.45. The van der Waals surface area contributed by atoms with Crippen LogP contribution in [0.25, 0.3) is 16.5 Å². The SMILES string of the molecule is O=C(O)/C=C/c1ccc(-c2ccc(Br)cc2Br)s1. The van der Waals surface area contributed by atoms with Gasteiger partial charge in [-0.05, 0) is 30.3 Å². The third-order valence-electron chi connectivity index (χ3n) is 2.21.